The number of amides is 1. The number of carbonyl (C=O) groups is 1. The average Bonchev–Trinajstić information content (AvgIpc) is 2.42. The third-order valence-electron chi connectivity index (χ3n) is 3.71. The Kier molecular flexibility index (Phi) is 3.36. The number of benzene rings is 2. The highest BCUT2D eigenvalue weighted by Crippen LogP contribution is 2.34. The first-order valence-electron chi connectivity index (χ1n) is 6.56. The van der Waals surface area contributed by atoms with Gasteiger partial charge in [-0.25, -0.2) is 0 Å². The van der Waals surface area contributed by atoms with Crippen LogP contribution >= 0.6 is 11.6 Å². The summed E-state index contributed by atoms with van der Waals surface area (Å²) < 4.78 is 0. The number of carbonyl (C=O) groups excluding carboxylic acids is 1. The lowest BCUT2D eigenvalue weighted by molar-refractivity contribution is 0.0950. The highest BCUT2D eigenvalue weighted by molar-refractivity contribution is 6.34. The Morgan fingerprint density at radius 3 is 2.90 bits per heavy atom. The summed E-state index contributed by atoms with van der Waals surface area (Å²) >= 11 is 6.02. The van der Waals surface area contributed by atoms with Crippen molar-refractivity contribution in [2.24, 2.45) is 0 Å². The van der Waals surface area contributed by atoms with Crippen molar-refractivity contribution >= 4 is 23.2 Å². The lowest BCUT2D eigenvalue weighted by Crippen LogP contribution is -2.33. The van der Waals surface area contributed by atoms with Gasteiger partial charge in [-0.15, -0.1) is 0 Å². The lowest BCUT2D eigenvalue weighted by Gasteiger charge is -2.30. The smallest absolute Gasteiger partial charge is 0.252 e. The maximum absolute atomic E-state index is 12.1. The summed E-state index contributed by atoms with van der Waals surface area (Å²) in [5.41, 5.74) is 9.34. The molecule has 1 aliphatic carbocycles. The van der Waals surface area contributed by atoms with Gasteiger partial charge >= 0.3 is 0 Å². The summed E-state index contributed by atoms with van der Waals surface area (Å²) in [6.45, 7) is 0.626. The number of nitrogen functional groups attached to an aromatic ring is 1. The molecule has 1 aliphatic rings. The molecule has 0 radical (unpaired) electrons. The number of nitrogens with two attached hydrogens (primary N) is 1. The molecule has 0 saturated carbocycles. The molecule has 3 nitrogen and oxygen atoms in total. The topological polar surface area (TPSA) is 55.1 Å². The Morgan fingerprint density at radius 2 is 2.10 bits per heavy atom. The molecule has 3 N–H and O–H groups in total. The molecule has 1 unspecified atom stereocenters. The molecule has 0 spiro atoms. The van der Waals surface area contributed by atoms with Crippen LogP contribution in [0, 0.1) is 0 Å². The van der Waals surface area contributed by atoms with Crippen LogP contribution < -0.4 is 11.1 Å². The number of fused-ring (bicyclic) bond motifs is 1. The van der Waals surface area contributed by atoms with Crippen molar-refractivity contribution in [1.82, 2.24) is 5.32 Å². The summed E-state index contributed by atoms with van der Waals surface area (Å²) in [6.07, 6.45) is 1.01. The standard InChI is InChI=1S/C16H15ClN2O/c17-15-6-5-12(18)8-14(15)16(20)19-9-11-7-10-3-1-2-4-13(10)11/h1-6,8,11H,7,9,18H2,(H,19,20). The number of hydrogen-bond acceptors (Lipinski definition) is 2. The second kappa shape index (κ2) is 5.17. The normalized spacial score (nSPS) is 16.1. The number of rotatable bonds is 3. The highest BCUT2D eigenvalue weighted by atomic mass is 35.5. The van der Waals surface area contributed by atoms with E-state index in [-0.39, 0.29) is 5.91 Å². The first kappa shape index (κ1) is 13.0. The van der Waals surface area contributed by atoms with E-state index in [2.05, 4.69) is 17.4 Å². The molecule has 0 aliphatic heterocycles. The molecule has 1 atom stereocenters. The van der Waals surface area contributed by atoms with Crippen molar-refractivity contribution in [3.05, 3.63) is 64.2 Å². The van der Waals surface area contributed by atoms with E-state index in [0.717, 1.165) is 6.42 Å². The summed E-state index contributed by atoms with van der Waals surface area (Å²) in [5, 5.41) is 3.35. The number of halogens is 1. The van der Waals surface area contributed by atoms with Gasteiger partial charge in [-0.1, -0.05) is 35.9 Å². The van der Waals surface area contributed by atoms with Crippen molar-refractivity contribution in [3.63, 3.8) is 0 Å². The van der Waals surface area contributed by atoms with Gasteiger partial charge in [0, 0.05) is 18.2 Å². The van der Waals surface area contributed by atoms with Crippen molar-refractivity contribution in [2.45, 2.75) is 12.3 Å². The van der Waals surface area contributed by atoms with E-state index in [1.54, 1.807) is 18.2 Å². The number of hydrogen-bond donors (Lipinski definition) is 2. The van der Waals surface area contributed by atoms with E-state index in [1.165, 1.54) is 11.1 Å². The van der Waals surface area contributed by atoms with Crippen molar-refractivity contribution in [2.75, 3.05) is 12.3 Å². The Balaban J connectivity index is 1.65. The second-order valence-electron chi connectivity index (χ2n) is 5.05. The van der Waals surface area contributed by atoms with Gasteiger partial charge in [-0.05, 0) is 35.7 Å². The minimum atomic E-state index is -0.174. The van der Waals surface area contributed by atoms with Crippen LogP contribution in [0.5, 0.6) is 0 Å². The quantitative estimate of drug-likeness (QED) is 0.852. The zero-order valence-corrected chi connectivity index (χ0v) is 11.7. The third kappa shape index (κ3) is 2.37. The van der Waals surface area contributed by atoms with E-state index >= 15 is 0 Å². The van der Waals surface area contributed by atoms with Gasteiger partial charge in [-0.2, -0.15) is 0 Å². The molecular weight excluding hydrogens is 272 g/mol. The fourth-order valence-corrected chi connectivity index (χ4v) is 2.78. The zero-order valence-electron chi connectivity index (χ0n) is 10.9. The molecule has 0 saturated heterocycles. The van der Waals surface area contributed by atoms with Crippen LogP contribution in [0.3, 0.4) is 0 Å². The zero-order chi connectivity index (χ0) is 14.1. The molecule has 0 aromatic heterocycles. The first-order valence-corrected chi connectivity index (χ1v) is 6.94. The van der Waals surface area contributed by atoms with Crippen LogP contribution in [-0.2, 0) is 6.42 Å². The summed E-state index contributed by atoms with van der Waals surface area (Å²) in [5.74, 6) is 0.224. The van der Waals surface area contributed by atoms with E-state index in [9.17, 15) is 4.79 Å². The molecule has 20 heavy (non-hydrogen) atoms. The predicted octanol–water partition coefficient (Wildman–Crippen LogP) is 2.99. The van der Waals surface area contributed by atoms with Crippen molar-refractivity contribution in [3.8, 4) is 0 Å². The van der Waals surface area contributed by atoms with Gasteiger partial charge in [0.15, 0.2) is 0 Å². The van der Waals surface area contributed by atoms with Gasteiger partial charge in [0.05, 0.1) is 10.6 Å². The SMILES string of the molecule is Nc1ccc(Cl)c(C(=O)NCC2Cc3ccccc32)c1. The molecule has 3 rings (SSSR count). The van der Waals surface area contributed by atoms with E-state index in [4.69, 9.17) is 17.3 Å². The van der Waals surface area contributed by atoms with E-state index in [1.807, 2.05) is 12.1 Å². The van der Waals surface area contributed by atoms with Crippen LogP contribution in [0.2, 0.25) is 5.02 Å². The second-order valence-corrected chi connectivity index (χ2v) is 5.46. The third-order valence-corrected chi connectivity index (χ3v) is 4.03. The summed E-state index contributed by atoms with van der Waals surface area (Å²) in [7, 11) is 0. The minimum Gasteiger partial charge on any atom is -0.399 e. The predicted molar refractivity (Wildman–Crippen MR) is 81.1 cm³/mol. The van der Waals surface area contributed by atoms with Gasteiger partial charge in [0.25, 0.3) is 5.91 Å². The molecule has 4 heteroatoms. The fraction of sp³-hybridized carbons (Fsp3) is 0.188. The lowest BCUT2D eigenvalue weighted by atomic mass is 9.77. The molecule has 0 heterocycles. The van der Waals surface area contributed by atoms with Gasteiger partial charge in [-0.3, -0.25) is 4.79 Å². The van der Waals surface area contributed by atoms with Crippen LogP contribution in [0.4, 0.5) is 5.69 Å². The van der Waals surface area contributed by atoms with E-state index < -0.39 is 0 Å². The highest BCUT2D eigenvalue weighted by Gasteiger charge is 2.25. The van der Waals surface area contributed by atoms with Crippen LogP contribution in [-0.4, -0.2) is 12.5 Å². The Labute approximate surface area is 122 Å². The average molecular weight is 287 g/mol. The number of anilines is 1. The van der Waals surface area contributed by atoms with Gasteiger partial charge < -0.3 is 11.1 Å². The van der Waals surface area contributed by atoms with Gasteiger partial charge in [0.1, 0.15) is 0 Å². The fourth-order valence-electron chi connectivity index (χ4n) is 2.57. The maximum atomic E-state index is 12.1. The van der Waals surface area contributed by atoms with Crippen molar-refractivity contribution < 1.29 is 4.79 Å². The van der Waals surface area contributed by atoms with E-state index in [0.29, 0.717) is 28.7 Å². The largest absolute Gasteiger partial charge is 0.399 e. The molecular formula is C16H15ClN2O. The van der Waals surface area contributed by atoms with Crippen LogP contribution in [0.25, 0.3) is 0 Å². The molecule has 1 amide bonds. The van der Waals surface area contributed by atoms with Gasteiger partial charge in [0.2, 0.25) is 0 Å². The maximum Gasteiger partial charge on any atom is 0.252 e. The molecule has 2 aromatic rings. The van der Waals surface area contributed by atoms with Crippen LogP contribution in [0.15, 0.2) is 42.5 Å². The Morgan fingerprint density at radius 1 is 1.30 bits per heavy atom. The monoisotopic (exact) mass is 286 g/mol. The Bertz CT molecular complexity index is 669. The summed E-state index contributed by atoms with van der Waals surface area (Å²) in [6, 6.07) is 13.2. The molecule has 0 fully saturated rings. The summed E-state index contributed by atoms with van der Waals surface area (Å²) in [4.78, 5) is 12.1. The van der Waals surface area contributed by atoms with Crippen LogP contribution in [0.1, 0.15) is 27.4 Å². The molecule has 2 aromatic carbocycles. The Hall–Kier alpha value is -2.00. The molecule has 0 bridgehead atoms. The molecule has 102 valence electrons. The number of nitrogens with one attached hydrogen (secondary N) is 1. The van der Waals surface area contributed by atoms with Crippen molar-refractivity contribution in [1.29, 1.82) is 0 Å². The first-order chi connectivity index (χ1) is 9.65. The minimum absolute atomic E-state index is 0.174.